The molecule has 134 valence electrons. The van der Waals surface area contributed by atoms with E-state index in [0.29, 0.717) is 12.1 Å². The molecule has 4 amide bonds. The van der Waals surface area contributed by atoms with Crippen molar-refractivity contribution in [1.82, 2.24) is 10.2 Å². The summed E-state index contributed by atoms with van der Waals surface area (Å²) in [6, 6.07) is 5.79. The summed E-state index contributed by atoms with van der Waals surface area (Å²) < 4.78 is 0.904. The topological polar surface area (TPSA) is 78.5 Å². The van der Waals surface area contributed by atoms with Crippen molar-refractivity contribution < 1.29 is 14.4 Å². The Bertz CT molecular complexity index is 706. The molecule has 6 nitrogen and oxygen atoms in total. The molecule has 0 aromatic heterocycles. The largest absolute Gasteiger partial charge is 0.325 e. The number of carbonyl (C=O) groups excluding carboxylic acids is 3. The molecule has 1 saturated heterocycles. The van der Waals surface area contributed by atoms with Crippen LogP contribution < -0.4 is 10.6 Å². The molecular weight excluding hydrogens is 386 g/mol. The van der Waals surface area contributed by atoms with E-state index in [-0.39, 0.29) is 17.7 Å². The van der Waals surface area contributed by atoms with Gasteiger partial charge in [0, 0.05) is 10.2 Å². The van der Waals surface area contributed by atoms with Crippen LogP contribution >= 0.6 is 15.9 Å². The van der Waals surface area contributed by atoms with E-state index in [4.69, 9.17) is 0 Å². The van der Waals surface area contributed by atoms with Crippen molar-refractivity contribution in [2.45, 2.75) is 51.1 Å². The van der Waals surface area contributed by atoms with Crippen LogP contribution in [-0.4, -0.2) is 34.3 Å². The predicted molar refractivity (Wildman–Crippen MR) is 98.0 cm³/mol. The third kappa shape index (κ3) is 3.17. The lowest BCUT2D eigenvalue weighted by Gasteiger charge is -2.37. The van der Waals surface area contributed by atoms with E-state index in [0.717, 1.165) is 28.6 Å². The lowest BCUT2D eigenvalue weighted by atomic mass is 9.73. The minimum atomic E-state index is -0.871. The van der Waals surface area contributed by atoms with E-state index < -0.39 is 17.6 Å². The van der Waals surface area contributed by atoms with E-state index in [9.17, 15) is 14.4 Å². The van der Waals surface area contributed by atoms with Crippen molar-refractivity contribution in [1.29, 1.82) is 0 Å². The van der Waals surface area contributed by atoms with Crippen LogP contribution in [0.4, 0.5) is 10.5 Å². The maximum absolute atomic E-state index is 13.0. The SMILES string of the molecule is C[C@@H]1CCCC[C@]12NC(=O)N([C@@H](C)C(=O)Nc1ccc(Br)cc1)C2=O. The number of imide groups is 1. The van der Waals surface area contributed by atoms with Crippen LogP contribution in [0, 0.1) is 5.92 Å². The molecule has 3 rings (SSSR count). The number of hydrogen-bond acceptors (Lipinski definition) is 3. The number of amides is 4. The van der Waals surface area contributed by atoms with Gasteiger partial charge in [-0.15, -0.1) is 0 Å². The smallest absolute Gasteiger partial charge is 0.324 e. The van der Waals surface area contributed by atoms with Crippen LogP contribution in [0.15, 0.2) is 28.7 Å². The molecule has 3 atom stereocenters. The van der Waals surface area contributed by atoms with Gasteiger partial charge in [-0.05, 0) is 49.9 Å². The Morgan fingerprint density at radius 3 is 2.64 bits per heavy atom. The molecule has 1 heterocycles. The molecule has 2 aliphatic rings. The van der Waals surface area contributed by atoms with E-state index in [1.54, 1.807) is 19.1 Å². The van der Waals surface area contributed by atoms with Gasteiger partial charge in [-0.2, -0.15) is 0 Å². The molecule has 1 aromatic carbocycles. The maximum atomic E-state index is 13.0. The van der Waals surface area contributed by atoms with Gasteiger partial charge in [-0.1, -0.05) is 35.7 Å². The molecule has 25 heavy (non-hydrogen) atoms. The minimum Gasteiger partial charge on any atom is -0.324 e. The third-order valence-electron chi connectivity index (χ3n) is 5.33. The second-order valence-electron chi connectivity index (χ2n) is 6.90. The predicted octanol–water partition coefficient (Wildman–Crippen LogP) is 3.28. The number of anilines is 1. The summed E-state index contributed by atoms with van der Waals surface area (Å²) >= 11 is 3.34. The Labute approximate surface area is 155 Å². The standard InChI is InChI=1S/C18H22BrN3O3/c1-11-5-3-4-10-18(11)16(24)22(17(25)21-18)12(2)15(23)20-14-8-6-13(19)7-9-14/h6-9,11-12H,3-5,10H2,1-2H3,(H,20,23)(H,21,25)/t11-,12+,18+/m1/s1. The van der Waals surface area contributed by atoms with Crippen molar-refractivity contribution in [2.75, 3.05) is 5.32 Å². The fraction of sp³-hybridized carbons (Fsp3) is 0.500. The second-order valence-corrected chi connectivity index (χ2v) is 7.81. The maximum Gasteiger partial charge on any atom is 0.325 e. The Morgan fingerprint density at radius 1 is 1.32 bits per heavy atom. The number of rotatable bonds is 3. The van der Waals surface area contributed by atoms with Gasteiger partial charge in [0.15, 0.2) is 0 Å². The highest BCUT2D eigenvalue weighted by Crippen LogP contribution is 2.38. The fourth-order valence-corrected chi connectivity index (χ4v) is 3.98. The number of hydrogen-bond donors (Lipinski definition) is 2. The van der Waals surface area contributed by atoms with E-state index in [1.807, 2.05) is 19.1 Å². The van der Waals surface area contributed by atoms with E-state index in [2.05, 4.69) is 26.6 Å². The van der Waals surface area contributed by atoms with E-state index >= 15 is 0 Å². The molecule has 1 aliphatic carbocycles. The lowest BCUT2D eigenvalue weighted by Crippen LogP contribution is -2.54. The first-order valence-electron chi connectivity index (χ1n) is 8.57. The van der Waals surface area contributed by atoms with Gasteiger partial charge in [0.25, 0.3) is 5.91 Å². The molecule has 1 aliphatic heterocycles. The van der Waals surface area contributed by atoms with Crippen molar-refractivity contribution >= 4 is 39.5 Å². The normalized spacial score (nSPS) is 27.3. The van der Waals surface area contributed by atoms with Crippen molar-refractivity contribution in [3.8, 4) is 0 Å². The molecule has 0 bridgehead atoms. The summed E-state index contributed by atoms with van der Waals surface area (Å²) in [5, 5.41) is 5.63. The lowest BCUT2D eigenvalue weighted by molar-refractivity contribution is -0.138. The highest BCUT2D eigenvalue weighted by molar-refractivity contribution is 9.10. The van der Waals surface area contributed by atoms with Crippen molar-refractivity contribution in [3.63, 3.8) is 0 Å². The first-order chi connectivity index (χ1) is 11.8. The van der Waals surface area contributed by atoms with Crippen LogP contribution in [0.2, 0.25) is 0 Å². The molecule has 2 fully saturated rings. The van der Waals surface area contributed by atoms with Crippen molar-refractivity contribution in [3.05, 3.63) is 28.7 Å². The number of nitrogens with zero attached hydrogens (tertiary/aromatic N) is 1. The molecule has 0 unspecified atom stereocenters. The molecular formula is C18H22BrN3O3. The first kappa shape index (κ1) is 17.9. The molecule has 0 radical (unpaired) electrons. The van der Waals surface area contributed by atoms with Crippen LogP contribution in [0.25, 0.3) is 0 Å². The zero-order chi connectivity index (χ0) is 18.2. The van der Waals surface area contributed by atoms with Crippen LogP contribution in [0.3, 0.4) is 0 Å². The van der Waals surface area contributed by atoms with Crippen molar-refractivity contribution in [2.24, 2.45) is 5.92 Å². The van der Waals surface area contributed by atoms with Gasteiger partial charge < -0.3 is 10.6 Å². The minimum absolute atomic E-state index is 0.0736. The fourth-order valence-electron chi connectivity index (χ4n) is 3.71. The Morgan fingerprint density at radius 2 is 2.00 bits per heavy atom. The highest BCUT2D eigenvalue weighted by Gasteiger charge is 2.56. The number of halogens is 1. The van der Waals surface area contributed by atoms with Gasteiger partial charge in [0.2, 0.25) is 5.91 Å². The molecule has 1 spiro atoms. The monoisotopic (exact) mass is 407 g/mol. The second kappa shape index (κ2) is 6.78. The quantitative estimate of drug-likeness (QED) is 0.754. The molecule has 1 saturated carbocycles. The molecule has 7 heteroatoms. The Kier molecular flexibility index (Phi) is 4.86. The number of nitrogens with one attached hydrogen (secondary N) is 2. The zero-order valence-electron chi connectivity index (χ0n) is 14.3. The van der Waals surface area contributed by atoms with Crippen LogP contribution in [0.5, 0.6) is 0 Å². The molecule has 2 N–H and O–H groups in total. The third-order valence-corrected chi connectivity index (χ3v) is 5.86. The summed E-state index contributed by atoms with van der Waals surface area (Å²) in [4.78, 5) is 39.1. The zero-order valence-corrected chi connectivity index (χ0v) is 15.9. The van der Waals surface area contributed by atoms with Gasteiger partial charge >= 0.3 is 6.03 Å². The number of benzene rings is 1. The van der Waals surface area contributed by atoms with Gasteiger partial charge in [0.05, 0.1) is 0 Å². The summed E-state index contributed by atoms with van der Waals surface area (Å²) in [5.41, 5.74) is -0.227. The number of urea groups is 1. The van der Waals surface area contributed by atoms with Gasteiger partial charge in [0.1, 0.15) is 11.6 Å². The summed E-state index contributed by atoms with van der Waals surface area (Å²) in [6.07, 6.45) is 3.50. The summed E-state index contributed by atoms with van der Waals surface area (Å²) in [7, 11) is 0. The summed E-state index contributed by atoms with van der Waals surface area (Å²) in [5.74, 6) is -0.584. The Balaban J connectivity index is 1.76. The highest BCUT2D eigenvalue weighted by atomic mass is 79.9. The van der Waals surface area contributed by atoms with E-state index in [1.165, 1.54) is 0 Å². The average molecular weight is 408 g/mol. The first-order valence-corrected chi connectivity index (χ1v) is 9.36. The van der Waals surface area contributed by atoms with Gasteiger partial charge in [-0.3, -0.25) is 9.59 Å². The molecule has 1 aromatic rings. The Hall–Kier alpha value is -1.89. The van der Waals surface area contributed by atoms with Crippen LogP contribution in [-0.2, 0) is 9.59 Å². The number of carbonyl (C=O) groups is 3. The van der Waals surface area contributed by atoms with Gasteiger partial charge in [-0.25, -0.2) is 9.69 Å². The summed E-state index contributed by atoms with van der Waals surface area (Å²) in [6.45, 7) is 3.57. The average Bonchev–Trinajstić information content (AvgIpc) is 2.83. The van der Waals surface area contributed by atoms with Crippen LogP contribution in [0.1, 0.15) is 39.5 Å².